The summed E-state index contributed by atoms with van der Waals surface area (Å²) in [4.78, 5) is 25.2. The molecule has 2 rings (SSSR count). The number of aryl methyl sites for hydroxylation is 1. The highest BCUT2D eigenvalue weighted by Gasteiger charge is 2.34. The summed E-state index contributed by atoms with van der Waals surface area (Å²) in [6.07, 6.45) is -4.45. The van der Waals surface area contributed by atoms with Gasteiger partial charge < -0.3 is 10.6 Å². The van der Waals surface area contributed by atoms with Crippen molar-refractivity contribution >= 4 is 11.8 Å². The highest BCUT2D eigenvalue weighted by Crippen LogP contribution is 2.32. The fourth-order valence-corrected chi connectivity index (χ4v) is 3.04. The summed E-state index contributed by atoms with van der Waals surface area (Å²) in [5, 5.41) is 5.09. The molecule has 1 unspecified atom stereocenters. The Bertz CT molecular complexity index is 910. The van der Waals surface area contributed by atoms with Crippen molar-refractivity contribution in [3.05, 3.63) is 70.5 Å². The van der Waals surface area contributed by atoms with Crippen LogP contribution in [0.25, 0.3) is 0 Å². The molecule has 2 aromatic rings. The minimum absolute atomic E-state index is 0.0504. The van der Waals surface area contributed by atoms with Gasteiger partial charge in [0.25, 0.3) is 5.91 Å². The second kappa shape index (κ2) is 9.73. The Labute approximate surface area is 172 Å². The Hall–Kier alpha value is -2.90. The van der Waals surface area contributed by atoms with Crippen molar-refractivity contribution in [1.29, 1.82) is 0 Å². The van der Waals surface area contributed by atoms with Crippen LogP contribution in [-0.2, 0) is 17.5 Å². The number of alkyl halides is 3. The average Bonchev–Trinajstić information content (AvgIpc) is 2.65. The van der Waals surface area contributed by atoms with E-state index in [0.29, 0.717) is 18.1 Å². The Morgan fingerprint density at radius 2 is 1.73 bits per heavy atom. The third-order valence-corrected chi connectivity index (χ3v) is 4.55. The lowest BCUT2D eigenvalue weighted by Gasteiger charge is -2.21. The maximum atomic E-state index is 13.3. The number of carbonyl (C=O) groups is 2. The van der Waals surface area contributed by atoms with Gasteiger partial charge in [-0.3, -0.25) is 9.59 Å². The van der Waals surface area contributed by atoms with Gasteiger partial charge in [0.1, 0.15) is 11.9 Å². The van der Waals surface area contributed by atoms with Gasteiger partial charge in [0.15, 0.2) is 0 Å². The second-order valence-electron chi connectivity index (χ2n) is 7.49. The number of hydrogen-bond donors (Lipinski definition) is 2. The first-order valence-corrected chi connectivity index (χ1v) is 9.49. The number of nitrogens with one attached hydrogen (secondary N) is 2. The van der Waals surface area contributed by atoms with E-state index in [0.717, 1.165) is 17.7 Å². The predicted octanol–water partition coefficient (Wildman–Crippen LogP) is 4.61. The molecule has 2 amide bonds. The van der Waals surface area contributed by atoms with Crippen molar-refractivity contribution in [2.45, 2.75) is 46.0 Å². The van der Waals surface area contributed by atoms with Crippen LogP contribution >= 0.6 is 0 Å². The minimum Gasteiger partial charge on any atom is -0.350 e. The molecule has 0 fully saturated rings. The van der Waals surface area contributed by atoms with Crippen molar-refractivity contribution in [2.24, 2.45) is 5.92 Å². The Morgan fingerprint density at radius 3 is 2.33 bits per heavy atom. The van der Waals surface area contributed by atoms with Gasteiger partial charge in [-0.05, 0) is 48.6 Å². The maximum absolute atomic E-state index is 13.3. The van der Waals surface area contributed by atoms with E-state index in [1.54, 1.807) is 31.2 Å². The number of hydrogen-bond acceptors (Lipinski definition) is 2. The third-order valence-electron chi connectivity index (χ3n) is 4.55. The average molecular weight is 424 g/mol. The molecular weight excluding hydrogens is 400 g/mol. The number of halogens is 4. The first kappa shape index (κ1) is 23.4. The van der Waals surface area contributed by atoms with E-state index >= 15 is 0 Å². The van der Waals surface area contributed by atoms with Crippen LogP contribution in [0.4, 0.5) is 17.6 Å². The molecule has 0 radical (unpaired) electrons. The number of carbonyl (C=O) groups excluding carboxylic acids is 2. The van der Waals surface area contributed by atoms with E-state index < -0.39 is 42.0 Å². The summed E-state index contributed by atoms with van der Waals surface area (Å²) < 4.78 is 52.7. The summed E-state index contributed by atoms with van der Waals surface area (Å²) in [6.45, 7) is 5.05. The molecule has 0 saturated carbocycles. The highest BCUT2D eigenvalue weighted by molar-refractivity contribution is 5.98. The van der Waals surface area contributed by atoms with Crippen molar-refractivity contribution in [1.82, 2.24) is 10.6 Å². The largest absolute Gasteiger partial charge is 0.416 e. The summed E-state index contributed by atoms with van der Waals surface area (Å²) in [5.74, 6) is -2.01. The zero-order valence-corrected chi connectivity index (χ0v) is 16.9. The molecule has 2 N–H and O–H groups in total. The first-order chi connectivity index (χ1) is 14.0. The molecule has 0 aliphatic carbocycles. The lowest BCUT2D eigenvalue weighted by molar-refractivity contribution is -0.138. The van der Waals surface area contributed by atoms with E-state index in [-0.39, 0.29) is 11.5 Å². The number of amides is 2. The van der Waals surface area contributed by atoms with Crippen molar-refractivity contribution < 1.29 is 27.2 Å². The predicted molar refractivity (Wildman–Crippen MR) is 105 cm³/mol. The van der Waals surface area contributed by atoms with Gasteiger partial charge in [-0.1, -0.05) is 38.1 Å². The quantitative estimate of drug-likeness (QED) is 0.638. The summed E-state index contributed by atoms with van der Waals surface area (Å²) in [5.41, 5.74) is -0.255. The zero-order chi connectivity index (χ0) is 22.5. The van der Waals surface area contributed by atoms with Crippen LogP contribution < -0.4 is 10.6 Å². The van der Waals surface area contributed by atoms with Crippen LogP contribution in [0.3, 0.4) is 0 Å². The maximum Gasteiger partial charge on any atom is 0.416 e. The summed E-state index contributed by atoms with van der Waals surface area (Å²) >= 11 is 0. The van der Waals surface area contributed by atoms with Crippen LogP contribution in [0.2, 0.25) is 0 Å². The molecule has 30 heavy (non-hydrogen) atoms. The van der Waals surface area contributed by atoms with E-state index in [1.165, 1.54) is 0 Å². The normalized spacial score (nSPS) is 12.5. The third kappa shape index (κ3) is 6.30. The van der Waals surface area contributed by atoms with Gasteiger partial charge in [0.05, 0.1) is 5.56 Å². The van der Waals surface area contributed by atoms with Gasteiger partial charge in [-0.15, -0.1) is 0 Å². The fourth-order valence-electron chi connectivity index (χ4n) is 3.04. The molecule has 0 aliphatic rings. The molecule has 0 spiro atoms. The van der Waals surface area contributed by atoms with Crippen LogP contribution in [0.15, 0.2) is 42.5 Å². The Balaban J connectivity index is 2.15. The zero-order valence-electron chi connectivity index (χ0n) is 16.9. The van der Waals surface area contributed by atoms with Gasteiger partial charge in [-0.2, -0.15) is 13.2 Å². The van der Waals surface area contributed by atoms with Gasteiger partial charge >= 0.3 is 6.18 Å². The van der Waals surface area contributed by atoms with E-state index in [1.807, 2.05) is 13.8 Å². The summed E-state index contributed by atoms with van der Waals surface area (Å²) in [6, 6.07) is 8.24. The molecule has 0 bridgehead atoms. The number of rotatable bonds is 7. The van der Waals surface area contributed by atoms with Crippen molar-refractivity contribution in [2.75, 3.05) is 0 Å². The van der Waals surface area contributed by atoms with Crippen LogP contribution in [-0.4, -0.2) is 17.9 Å². The van der Waals surface area contributed by atoms with Crippen LogP contribution in [0.5, 0.6) is 0 Å². The van der Waals surface area contributed by atoms with Gasteiger partial charge in [0, 0.05) is 12.1 Å². The van der Waals surface area contributed by atoms with E-state index in [9.17, 15) is 27.2 Å². The van der Waals surface area contributed by atoms with Crippen LogP contribution in [0, 0.1) is 18.7 Å². The molecular formula is C22H24F4N2O2. The summed E-state index contributed by atoms with van der Waals surface area (Å²) in [7, 11) is 0. The second-order valence-corrected chi connectivity index (χ2v) is 7.49. The van der Waals surface area contributed by atoms with Crippen LogP contribution in [0.1, 0.15) is 47.3 Å². The van der Waals surface area contributed by atoms with Gasteiger partial charge in [-0.25, -0.2) is 4.39 Å². The van der Waals surface area contributed by atoms with Crippen molar-refractivity contribution in [3.8, 4) is 0 Å². The Kier molecular flexibility index (Phi) is 7.59. The molecule has 0 heterocycles. The number of benzene rings is 2. The van der Waals surface area contributed by atoms with E-state index in [4.69, 9.17) is 0 Å². The smallest absolute Gasteiger partial charge is 0.350 e. The first-order valence-electron chi connectivity index (χ1n) is 9.49. The molecule has 8 heteroatoms. The fraction of sp³-hybridized carbons (Fsp3) is 0.364. The Morgan fingerprint density at radius 1 is 1.07 bits per heavy atom. The molecule has 0 aromatic heterocycles. The molecule has 0 aliphatic heterocycles. The topological polar surface area (TPSA) is 58.2 Å². The standard InChI is InChI=1S/C22H24F4N2O2/c1-13(2)10-19(28-20(29)17-7-5-4-6-14(17)3)21(30)27-12-15-8-9-16(23)11-18(15)22(24,25)26/h4-9,11,13,19H,10,12H2,1-3H3,(H,27,30)(H,28,29). The molecule has 4 nitrogen and oxygen atoms in total. The van der Waals surface area contributed by atoms with Gasteiger partial charge in [0.2, 0.25) is 5.91 Å². The van der Waals surface area contributed by atoms with Crippen molar-refractivity contribution in [3.63, 3.8) is 0 Å². The SMILES string of the molecule is Cc1ccccc1C(=O)NC(CC(C)C)C(=O)NCc1ccc(F)cc1C(F)(F)F. The van der Waals surface area contributed by atoms with E-state index in [2.05, 4.69) is 10.6 Å². The highest BCUT2D eigenvalue weighted by atomic mass is 19.4. The molecule has 2 aromatic carbocycles. The molecule has 0 saturated heterocycles. The lowest BCUT2D eigenvalue weighted by Crippen LogP contribution is -2.47. The monoisotopic (exact) mass is 424 g/mol. The molecule has 1 atom stereocenters. The minimum atomic E-state index is -4.75. The lowest BCUT2D eigenvalue weighted by atomic mass is 10.0. The molecule has 162 valence electrons.